The Kier molecular flexibility index (Phi) is 4.79. The molecule has 134 valence electrons. The van der Waals surface area contributed by atoms with Crippen molar-refractivity contribution in [2.24, 2.45) is 0 Å². The number of alkyl halides is 3. The molecule has 4 nitrogen and oxygen atoms in total. The van der Waals surface area contributed by atoms with Crippen LogP contribution >= 0.6 is 0 Å². The van der Waals surface area contributed by atoms with Gasteiger partial charge in [-0.2, -0.15) is 18.2 Å². The summed E-state index contributed by atoms with van der Waals surface area (Å²) >= 11 is 0. The van der Waals surface area contributed by atoms with Gasteiger partial charge >= 0.3 is 6.18 Å². The molecule has 2 aromatic carbocycles. The van der Waals surface area contributed by atoms with E-state index in [-0.39, 0.29) is 0 Å². The Balaban J connectivity index is 1.78. The Morgan fingerprint density at radius 2 is 1.35 bits per heavy atom. The third-order valence-corrected chi connectivity index (χ3v) is 3.65. The van der Waals surface area contributed by atoms with Crippen molar-refractivity contribution in [3.8, 4) is 0 Å². The Labute approximate surface area is 149 Å². The number of hydrogen-bond donors (Lipinski definition) is 2. The Morgan fingerprint density at radius 1 is 0.769 bits per heavy atom. The predicted molar refractivity (Wildman–Crippen MR) is 96.0 cm³/mol. The summed E-state index contributed by atoms with van der Waals surface area (Å²) in [5.41, 5.74) is 2.54. The molecule has 0 aliphatic rings. The molecule has 26 heavy (non-hydrogen) atoms. The molecule has 0 aliphatic heterocycles. The van der Waals surface area contributed by atoms with Crippen LogP contribution in [0.2, 0.25) is 0 Å². The second-order valence-electron chi connectivity index (χ2n) is 5.91. The van der Waals surface area contributed by atoms with E-state index in [0.29, 0.717) is 17.5 Å². The van der Waals surface area contributed by atoms with Crippen molar-refractivity contribution in [2.45, 2.75) is 20.0 Å². The van der Waals surface area contributed by atoms with Crippen LogP contribution in [0.25, 0.3) is 0 Å². The van der Waals surface area contributed by atoms with Crippen molar-refractivity contribution >= 4 is 23.1 Å². The number of nitrogens with one attached hydrogen (secondary N) is 2. The highest BCUT2D eigenvalue weighted by molar-refractivity contribution is 5.60. The van der Waals surface area contributed by atoms with E-state index in [1.165, 1.54) is 12.1 Å². The number of aromatic nitrogens is 2. The Bertz CT molecular complexity index is 888. The highest BCUT2D eigenvalue weighted by Crippen LogP contribution is 2.30. The lowest BCUT2D eigenvalue weighted by Gasteiger charge is -2.11. The molecule has 0 bridgehead atoms. The molecule has 1 heterocycles. The lowest BCUT2D eigenvalue weighted by Crippen LogP contribution is -2.05. The molecule has 0 spiro atoms. The first-order valence-electron chi connectivity index (χ1n) is 7.93. The van der Waals surface area contributed by atoms with E-state index in [2.05, 4.69) is 20.6 Å². The summed E-state index contributed by atoms with van der Waals surface area (Å²) < 4.78 is 37.9. The molecule has 0 saturated heterocycles. The second-order valence-corrected chi connectivity index (χ2v) is 5.91. The zero-order valence-corrected chi connectivity index (χ0v) is 14.2. The van der Waals surface area contributed by atoms with Crippen LogP contribution in [0.3, 0.4) is 0 Å². The predicted octanol–water partition coefficient (Wildman–Crippen LogP) is 5.60. The van der Waals surface area contributed by atoms with Gasteiger partial charge in [0.2, 0.25) is 5.95 Å². The minimum Gasteiger partial charge on any atom is -0.340 e. The van der Waals surface area contributed by atoms with Crippen molar-refractivity contribution in [1.82, 2.24) is 9.97 Å². The van der Waals surface area contributed by atoms with Crippen LogP contribution in [0.1, 0.15) is 16.8 Å². The monoisotopic (exact) mass is 358 g/mol. The molecule has 0 aliphatic carbocycles. The molecule has 0 radical (unpaired) electrons. The molecule has 3 aromatic rings. The van der Waals surface area contributed by atoms with E-state index in [1.54, 1.807) is 6.07 Å². The molecule has 1 aromatic heterocycles. The van der Waals surface area contributed by atoms with Crippen LogP contribution in [0.15, 0.2) is 54.6 Å². The van der Waals surface area contributed by atoms with Crippen molar-refractivity contribution in [1.29, 1.82) is 0 Å². The van der Waals surface area contributed by atoms with Crippen LogP contribution in [-0.2, 0) is 6.18 Å². The largest absolute Gasteiger partial charge is 0.416 e. The van der Waals surface area contributed by atoms with Gasteiger partial charge in [0.15, 0.2) is 0 Å². The first-order chi connectivity index (χ1) is 12.3. The maximum absolute atomic E-state index is 12.6. The number of halogens is 3. The summed E-state index contributed by atoms with van der Waals surface area (Å²) in [4.78, 5) is 8.69. The summed E-state index contributed by atoms with van der Waals surface area (Å²) in [7, 11) is 0. The number of aryl methyl sites for hydroxylation is 2. The van der Waals surface area contributed by atoms with Crippen molar-refractivity contribution in [3.05, 3.63) is 71.4 Å². The topological polar surface area (TPSA) is 49.8 Å². The van der Waals surface area contributed by atoms with Crippen LogP contribution in [-0.4, -0.2) is 9.97 Å². The van der Waals surface area contributed by atoms with Gasteiger partial charge in [0.1, 0.15) is 5.82 Å². The zero-order valence-electron chi connectivity index (χ0n) is 14.2. The Morgan fingerprint density at radius 3 is 1.96 bits per heavy atom. The van der Waals surface area contributed by atoms with Gasteiger partial charge in [-0.3, -0.25) is 0 Å². The molecule has 0 amide bonds. The SMILES string of the molecule is Cc1ccc(Nc2nc(C)cc(Nc3ccc(C(F)(F)F)cc3)n2)cc1. The first kappa shape index (κ1) is 17.7. The summed E-state index contributed by atoms with van der Waals surface area (Å²) in [5, 5.41) is 6.12. The molecule has 7 heteroatoms. The van der Waals surface area contributed by atoms with Gasteiger partial charge in [-0.25, -0.2) is 4.98 Å². The number of benzene rings is 2. The summed E-state index contributed by atoms with van der Waals surface area (Å²) in [6.45, 7) is 3.82. The van der Waals surface area contributed by atoms with Crippen molar-refractivity contribution in [2.75, 3.05) is 10.6 Å². The third kappa shape index (κ3) is 4.50. The highest BCUT2D eigenvalue weighted by Gasteiger charge is 2.29. The second kappa shape index (κ2) is 7.03. The summed E-state index contributed by atoms with van der Waals surface area (Å²) in [6, 6.07) is 14.3. The number of nitrogens with zero attached hydrogens (tertiary/aromatic N) is 2. The fraction of sp³-hybridized carbons (Fsp3) is 0.158. The van der Waals surface area contributed by atoms with E-state index >= 15 is 0 Å². The van der Waals surface area contributed by atoms with Crippen LogP contribution in [0, 0.1) is 13.8 Å². The number of hydrogen-bond acceptors (Lipinski definition) is 4. The van der Waals surface area contributed by atoms with E-state index < -0.39 is 11.7 Å². The van der Waals surface area contributed by atoms with E-state index in [9.17, 15) is 13.2 Å². The van der Waals surface area contributed by atoms with Crippen LogP contribution in [0.5, 0.6) is 0 Å². The molecule has 2 N–H and O–H groups in total. The smallest absolute Gasteiger partial charge is 0.340 e. The van der Waals surface area contributed by atoms with Crippen LogP contribution < -0.4 is 10.6 Å². The molecule has 0 unspecified atom stereocenters. The van der Waals surface area contributed by atoms with Gasteiger partial charge in [-0.15, -0.1) is 0 Å². The normalized spacial score (nSPS) is 11.3. The fourth-order valence-electron chi connectivity index (χ4n) is 2.34. The van der Waals surface area contributed by atoms with E-state index in [0.717, 1.165) is 29.1 Å². The van der Waals surface area contributed by atoms with Gasteiger partial charge in [0.25, 0.3) is 0 Å². The van der Waals surface area contributed by atoms with Gasteiger partial charge in [0.05, 0.1) is 5.56 Å². The highest BCUT2D eigenvalue weighted by atomic mass is 19.4. The zero-order chi connectivity index (χ0) is 18.7. The molecular formula is C19H17F3N4. The van der Waals surface area contributed by atoms with Crippen molar-refractivity contribution in [3.63, 3.8) is 0 Å². The average Bonchev–Trinajstić information content (AvgIpc) is 2.56. The number of rotatable bonds is 4. The van der Waals surface area contributed by atoms with Gasteiger partial charge < -0.3 is 10.6 Å². The van der Waals surface area contributed by atoms with Gasteiger partial charge in [-0.1, -0.05) is 17.7 Å². The first-order valence-corrected chi connectivity index (χ1v) is 7.93. The van der Waals surface area contributed by atoms with E-state index in [1.807, 2.05) is 38.1 Å². The van der Waals surface area contributed by atoms with E-state index in [4.69, 9.17) is 0 Å². The van der Waals surface area contributed by atoms with Crippen LogP contribution in [0.4, 0.5) is 36.3 Å². The van der Waals surface area contributed by atoms with Gasteiger partial charge in [0, 0.05) is 23.1 Å². The summed E-state index contributed by atoms with van der Waals surface area (Å²) in [5.74, 6) is 0.898. The maximum atomic E-state index is 12.6. The lowest BCUT2D eigenvalue weighted by atomic mass is 10.2. The minimum atomic E-state index is -4.35. The minimum absolute atomic E-state index is 0.406. The quantitative estimate of drug-likeness (QED) is 0.637. The average molecular weight is 358 g/mol. The van der Waals surface area contributed by atoms with Crippen molar-refractivity contribution < 1.29 is 13.2 Å². The summed E-state index contributed by atoms with van der Waals surface area (Å²) in [6.07, 6.45) is -4.35. The van der Waals surface area contributed by atoms with Gasteiger partial charge in [-0.05, 0) is 50.2 Å². The number of anilines is 4. The maximum Gasteiger partial charge on any atom is 0.416 e. The molecule has 0 atom stereocenters. The third-order valence-electron chi connectivity index (χ3n) is 3.65. The molecule has 3 rings (SSSR count). The molecule has 0 fully saturated rings. The lowest BCUT2D eigenvalue weighted by molar-refractivity contribution is -0.137. The standard InChI is InChI=1S/C19H17F3N4/c1-12-3-7-16(8-4-12)25-18-23-13(2)11-17(26-18)24-15-9-5-14(6-10-15)19(20,21)22/h3-11H,1-2H3,(H2,23,24,25,26). The fourth-order valence-corrected chi connectivity index (χ4v) is 2.34. The Hall–Kier alpha value is -3.09. The molecular weight excluding hydrogens is 341 g/mol. The molecule has 0 saturated carbocycles.